The van der Waals surface area contributed by atoms with E-state index in [9.17, 15) is 13.2 Å². The van der Waals surface area contributed by atoms with E-state index in [0.29, 0.717) is 12.3 Å². The Bertz CT molecular complexity index is 1110. The summed E-state index contributed by atoms with van der Waals surface area (Å²) < 4.78 is 32.3. The third kappa shape index (κ3) is 7.11. The fourth-order valence-corrected chi connectivity index (χ4v) is 3.98. The van der Waals surface area contributed by atoms with Crippen LogP contribution in [0.5, 0.6) is 0 Å². The SMILES string of the molecule is CN(CCCNC(=O)/C=C/c1ccc(S(=O)(=O)NCc2ccco2)cc1)c1ccccc1. The summed E-state index contributed by atoms with van der Waals surface area (Å²) in [7, 11) is -1.62. The highest BCUT2D eigenvalue weighted by Gasteiger charge is 2.14. The molecule has 32 heavy (non-hydrogen) atoms. The molecule has 2 aromatic carbocycles. The zero-order valence-electron chi connectivity index (χ0n) is 17.9. The summed E-state index contributed by atoms with van der Waals surface area (Å²) in [5.41, 5.74) is 1.87. The number of rotatable bonds is 11. The van der Waals surface area contributed by atoms with E-state index in [-0.39, 0.29) is 17.3 Å². The maximum atomic E-state index is 12.4. The number of para-hydroxylation sites is 1. The van der Waals surface area contributed by atoms with Crippen molar-refractivity contribution >= 4 is 27.7 Å². The van der Waals surface area contributed by atoms with Crippen LogP contribution in [0.3, 0.4) is 0 Å². The molecule has 1 heterocycles. The number of nitrogens with one attached hydrogen (secondary N) is 2. The minimum Gasteiger partial charge on any atom is -0.468 e. The molecule has 0 spiro atoms. The van der Waals surface area contributed by atoms with E-state index in [2.05, 4.69) is 14.9 Å². The molecule has 1 amide bonds. The molecule has 0 bridgehead atoms. The first kappa shape index (κ1) is 23.3. The Hall–Kier alpha value is -3.36. The van der Waals surface area contributed by atoms with Gasteiger partial charge < -0.3 is 14.6 Å². The number of carbonyl (C=O) groups is 1. The van der Waals surface area contributed by atoms with Gasteiger partial charge in [-0.2, -0.15) is 0 Å². The molecular weight excluding hydrogens is 426 g/mol. The molecule has 1 aromatic heterocycles. The van der Waals surface area contributed by atoms with Crippen molar-refractivity contribution in [2.24, 2.45) is 0 Å². The Morgan fingerprint density at radius 3 is 2.47 bits per heavy atom. The van der Waals surface area contributed by atoms with Gasteiger partial charge >= 0.3 is 0 Å². The summed E-state index contributed by atoms with van der Waals surface area (Å²) in [4.78, 5) is 14.3. The van der Waals surface area contributed by atoms with E-state index >= 15 is 0 Å². The van der Waals surface area contributed by atoms with Crippen LogP contribution in [0, 0.1) is 0 Å². The molecule has 0 saturated carbocycles. The number of nitrogens with zero attached hydrogens (tertiary/aromatic N) is 1. The summed E-state index contributed by atoms with van der Waals surface area (Å²) in [6.07, 6.45) is 5.41. The number of hydrogen-bond donors (Lipinski definition) is 2. The molecule has 0 aliphatic rings. The number of sulfonamides is 1. The molecule has 0 radical (unpaired) electrons. The van der Waals surface area contributed by atoms with Gasteiger partial charge in [0.2, 0.25) is 15.9 Å². The summed E-state index contributed by atoms with van der Waals surface area (Å²) in [5.74, 6) is 0.343. The standard InChI is InChI=1S/C24H27N3O4S/c1-27(21-7-3-2-4-8-21)17-6-16-25-24(28)15-12-20-10-13-23(14-11-20)32(29,30)26-19-22-9-5-18-31-22/h2-5,7-15,18,26H,6,16-17,19H2,1H3,(H,25,28)/b15-12+. The van der Waals surface area contributed by atoms with Crippen LogP contribution < -0.4 is 14.9 Å². The van der Waals surface area contributed by atoms with E-state index in [0.717, 1.165) is 24.2 Å². The molecule has 0 aliphatic carbocycles. The number of benzene rings is 2. The zero-order valence-corrected chi connectivity index (χ0v) is 18.7. The first-order chi connectivity index (χ1) is 15.4. The second-order valence-corrected chi connectivity index (χ2v) is 8.97. The van der Waals surface area contributed by atoms with Crippen molar-refractivity contribution in [3.63, 3.8) is 0 Å². The van der Waals surface area contributed by atoms with Gasteiger partial charge in [0.25, 0.3) is 0 Å². The second kappa shape index (κ2) is 11.3. The summed E-state index contributed by atoms with van der Waals surface area (Å²) >= 11 is 0. The van der Waals surface area contributed by atoms with Crippen LogP contribution in [0.25, 0.3) is 6.08 Å². The van der Waals surface area contributed by atoms with Gasteiger partial charge in [-0.15, -0.1) is 0 Å². The number of amides is 1. The summed E-state index contributed by atoms with van der Waals surface area (Å²) in [6.45, 7) is 1.48. The van der Waals surface area contributed by atoms with Crippen LogP contribution in [0.4, 0.5) is 5.69 Å². The minimum atomic E-state index is -3.64. The fraction of sp³-hybridized carbons (Fsp3) is 0.208. The van der Waals surface area contributed by atoms with Crippen molar-refractivity contribution in [3.05, 3.63) is 90.4 Å². The lowest BCUT2D eigenvalue weighted by atomic mass is 10.2. The highest BCUT2D eigenvalue weighted by Crippen LogP contribution is 2.13. The maximum Gasteiger partial charge on any atom is 0.244 e. The highest BCUT2D eigenvalue weighted by atomic mass is 32.2. The molecule has 0 fully saturated rings. The van der Waals surface area contributed by atoms with Crippen molar-refractivity contribution in [2.75, 3.05) is 25.0 Å². The van der Waals surface area contributed by atoms with Crippen molar-refractivity contribution in [3.8, 4) is 0 Å². The molecule has 0 aliphatic heterocycles. The third-order valence-corrected chi connectivity index (χ3v) is 6.22. The predicted octanol–water partition coefficient (Wildman–Crippen LogP) is 3.41. The average Bonchev–Trinajstić information content (AvgIpc) is 3.34. The van der Waals surface area contributed by atoms with E-state index in [1.807, 2.05) is 37.4 Å². The predicted molar refractivity (Wildman–Crippen MR) is 126 cm³/mol. The first-order valence-electron chi connectivity index (χ1n) is 10.3. The van der Waals surface area contributed by atoms with Gasteiger partial charge in [0.05, 0.1) is 17.7 Å². The lowest BCUT2D eigenvalue weighted by molar-refractivity contribution is -0.116. The van der Waals surface area contributed by atoms with Crippen LogP contribution in [-0.2, 0) is 21.4 Å². The van der Waals surface area contributed by atoms with Crippen molar-refractivity contribution in [2.45, 2.75) is 17.9 Å². The minimum absolute atomic E-state index is 0.0816. The van der Waals surface area contributed by atoms with Gasteiger partial charge in [0, 0.05) is 31.9 Å². The van der Waals surface area contributed by atoms with Crippen molar-refractivity contribution in [1.29, 1.82) is 0 Å². The number of carbonyl (C=O) groups excluding carboxylic acids is 1. The van der Waals surface area contributed by atoms with Gasteiger partial charge in [-0.05, 0) is 54.5 Å². The lowest BCUT2D eigenvalue weighted by Crippen LogP contribution is -2.26. The smallest absolute Gasteiger partial charge is 0.244 e. The van der Waals surface area contributed by atoms with Gasteiger partial charge in [-0.1, -0.05) is 30.3 Å². The van der Waals surface area contributed by atoms with Crippen molar-refractivity contribution < 1.29 is 17.6 Å². The lowest BCUT2D eigenvalue weighted by Gasteiger charge is -2.19. The summed E-state index contributed by atoms with van der Waals surface area (Å²) in [5, 5.41) is 2.86. The number of anilines is 1. The average molecular weight is 454 g/mol. The molecule has 3 aromatic rings. The molecule has 3 rings (SSSR count). The Morgan fingerprint density at radius 2 is 1.78 bits per heavy atom. The van der Waals surface area contributed by atoms with Crippen LogP contribution in [0.2, 0.25) is 0 Å². The van der Waals surface area contributed by atoms with Gasteiger partial charge in [0.1, 0.15) is 5.76 Å². The largest absolute Gasteiger partial charge is 0.468 e. The number of furan rings is 1. The molecule has 7 nitrogen and oxygen atoms in total. The normalized spacial score (nSPS) is 11.5. The monoisotopic (exact) mass is 453 g/mol. The Morgan fingerprint density at radius 1 is 1.03 bits per heavy atom. The Labute approximate surface area is 188 Å². The van der Waals surface area contributed by atoms with Crippen LogP contribution in [0.15, 0.2) is 88.4 Å². The van der Waals surface area contributed by atoms with E-state index < -0.39 is 10.0 Å². The van der Waals surface area contributed by atoms with Gasteiger partial charge in [0.15, 0.2) is 0 Å². The zero-order chi connectivity index (χ0) is 22.8. The van der Waals surface area contributed by atoms with Crippen LogP contribution in [0.1, 0.15) is 17.7 Å². The molecule has 0 saturated heterocycles. The maximum absolute atomic E-state index is 12.4. The highest BCUT2D eigenvalue weighted by molar-refractivity contribution is 7.89. The Kier molecular flexibility index (Phi) is 8.24. The van der Waals surface area contributed by atoms with E-state index in [1.165, 1.54) is 24.5 Å². The van der Waals surface area contributed by atoms with Crippen LogP contribution >= 0.6 is 0 Å². The summed E-state index contributed by atoms with van der Waals surface area (Å²) in [6, 6.07) is 19.8. The molecule has 168 valence electrons. The second-order valence-electron chi connectivity index (χ2n) is 7.21. The van der Waals surface area contributed by atoms with E-state index in [4.69, 9.17) is 4.42 Å². The first-order valence-corrected chi connectivity index (χ1v) is 11.8. The van der Waals surface area contributed by atoms with Crippen molar-refractivity contribution in [1.82, 2.24) is 10.0 Å². The fourth-order valence-electron chi connectivity index (χ4n) is 2.99. The molecule has 0 unspecified atom stereocenters. The molecule has 8 heteroatoms. The quantitative estimate of drug-likeness (QED) is 0.343. The van der Waals surface area contributed by atoms with Crippen LogP contribution in [-0.4, -0.2) is 34.5 Å². The van der Waals surface area contributed by atoms with Gasteiger partial charge in [-0.25, -0.2) is 13.1 Å². The number of hydrogen-bond acceptors (Lipinski definition) is 5. The molecule has 2 N–H and O–H groups in total. The Balaban J connectivity index is 1.42. The molecule has 0 atom stereocenters. The molecular formula is C24H27N3O4S. The van der Waals surface area contributed by atoms with Gasteiger partial charge in [-0.3, -0.25) is 4.79 Å². The third-order valence-electron chi connectivity index (χ3n) is 4.80. The van der Waals surface area contributed by atoms with E-state index in [1.54, 1.807) is 30.3 Å². The topological polar surface area (TPSA) is 91.7 Å².